The summed E-state index contributed by atoms with van der Waals surface area (Å²) in [5, 5.41) is 1.74. The first kappa shape index (κ1) is 14.3. The van der Waals surface area contributed by atoms with E-state index in [9.17, 15) is 18.0 Å². The van der Waals surface area contributed by atoms with E-state index in [1.165, 1.54) is 0 Å². The molecule has 0 aliphatic heterocycles. The number of alkyl halides is 3. The minimum Gasteiger partial charge on any atom is -0.483 e. The van der Waals surface area contributed by atoms with Crippen molar-refractivity contribution in [2.75, 3.05) is 13.2 Å². The topological polar surface area (TPSA) is 38.3 Å². The summed E-state index contributed by atoms with van der Waals surface area (Å²) in [6.45, 7) is 1.83. The number of hydrogen-bond donors (Lipinski definition) is 1. The number of para-hydroxylation sites is 1. The maximum Gasteiger partial charge on any atom is 0.405 e. The molecule has 1 aromatic rings. The number of hydrogen-bond acceptors (Lipinski definition) is 2. The molecule has 1 amide bonds. The molecule has 0 unspecified atom stereocenters. The molecule has 0 spiro atoms. The fourth-order valence-electron chi connectivity index (χ4n) is 1.41. The molecule has 1 aromatic carbocycles. The highest BCUT2D eigenvalue weighted by Crippen LogP contribution is 2.22. The lowest BCUT2D eigenvalue weighted by atomic mass is 10.1. The van der Waals surface area contributed by atoms with Crippen LogP contribution in [0, 0.1) is 13.8 Å². The monoisotopic (exact) mass is 261 g/mol. The Morgan fingerprint density at radius 3 is 2.33 bits per heavy atom. The summed E-state index contributed by atoms with van der Waals surface area (Å²) in [4.78, 5) is 11.1. The number of rotatable bonds is 4. The molecule has 0 radical (unpaired) electrons. The van der Waals surface area contributed by atoms with E-state index in [1.54, 1.807) is 31.3 Å². The van der Waals surface area contributed by atoms with Crippen LogP contribution in [0.4, 0.5) is 13.2 Å². The van der Waals surface area contributed by atoms with Gasteiger partial charge in [-0.25, -0.2) is 0 Å². The molecule has 0 fully saturated rings. The number of nitrogens with one attached hydrogen (secondary N) is 1. The summed E-state index contributed by atoms with van der Waals surface area (Å²) >= 11 is 0. The molecule has 0 aliphatic carbocycles. The Morgan fingerprint density at radius 1 is 1.28 bits per heavy atom. The molecular formula is C12H14F3NO2. The van der Waals surface area contributed by atoms with Crippen LogP contribution in [0.1, 0.15) is 11.1 Å². The standard InChI is InChI=1S/C12H14F3NO2/c1-8-4-3-5-9(2)11(8)18-6-10(17)16-7-12(13,14)15/h3-5H,6-7H2,1-2H3,(H,16,17). The zero-order chi connectivity index (χ0) is 13.8. The largest absolute Gasteiger partial charge is 0.483 e. The molecule has 1 N–H and O–H groups in total. The van der Waals surface area contributed by atoms with Gasteiger partial charge in [-0.3, -0.25) is 4.79 Å². The Labute approximate surface area is 103 Å². The molecule has 100 valence electrons. The van der Waals surface area contributed by atoms with E-state index < -0.39 is 25.2 Å². The molecule has 6 heteroatoms. The van der Waals surface area contributed by atoms with Gasteiger partial charge in [-0.2, -0.15) is 13.2 Å². The van der Waals surface area contributed by atoms with Gasteiger partial charge in [0.2, 0.25) is 0 Å². The van der Waals surface area contributed by atoms with Crippen LogP contribution in [0.3, 0.4) is 0 Å². The Kier molecular flexibility index (Phi) is 4.58. The first-order chi connectivity index (χ1) is 8.29. The van der Waals surface area contributed by atoms with Gasteiger partial charge in [0.15, 0.2) is 6.61 Å². The molecule has 0 saturated carbocycles. The Bertz CT molecular complexity index is 410. The van der Waals surface area contributed by atoms with Gasteiger partial charge in [0, 0.05) is 0 Å². The second-order valence-electron chi connectivity index (χ2n) is 3.90. The average molecular weight is 261 g/mol. The average Bonchev–Trinajstić information content (AvgIpc) is 2.25. The van der Waals surface area contributed by atoms with Crippen LogP contribution in [0.5, 0.6) is 5.75 Å². The van der Waals surface area contributed by atoms with Crippen LogP contribution in [0.15, 0.2) is 18.2 Å². The zero-order valence-electron chi connectivity index (χ0n) is 10.1. The zero-order valence-corrected chi connectivity index (χ0v) is 10.1. The van der Waals surface area contributed by atoms with Crippen molar-refractivity contribution in [1.82, 2.24) is 5.32 Å². The van der Waals surface area contributed by atoms with E-state index in [1.807, 2.05) is 6.07 Å². The number of amides is 1. The highest BCUT2D eigenvalue weighted by atomic mass is 19.4. The van der Waals surface area contributed by atoms with Gasteiger partial charge in [-0.15, -0.1) is 0 Å². The smallest absolute Gasteiger partial charge is 0.405 e. The van der Waals surface area contributed by atoms with Gasteiger partial charge < -0.3 is 10.1 Å². The van der Waals surface area contributed by atoms with Crippen LogP contribution in [0.25, 0.3) is 0 Å². The molecule has 0 heterocycles. The van der Waals surface area contributed by atoms with Crippen molar-refractivity contribution in [2.24, 2.45) is 0 Å². The Morgan fingerprint density at radius 2 is 1.83 bits per heavy atom. The third-order valence-electron chi connectivity index (χ3n) is 2.24. The fourth-order valence-corrected chi connectivity index (χ4v) is 1.41. The van der Waals surface area contributed by atoms with E-state index in [0.29, 0.717) is 5.75 Å². The molecule has 0 bridgehead atoms. The minimum atomic E-state index is -4.41. The third-order valence-corrected chi connectivity index (χ3v) is 2.24. The fraction of sp³-hybridized carbons (Fsp3) is 0.417. The number of aryl methyl sites for hydroxylation is 2. The number of ether oxygens (including phenoxy) is 1. The third kappa shape index (κ3) is 4.65. The molecule has 0 atom stereocenters. The molecule has 0 saturated heterocycles. The predicted octanol–water partition coefficient (Wildman–Crippen LogP) is 2.36. The summed E-state index contributed by atoms with van der Waals surface area (Å²) in [6, 6.07) is 5.44. The van der Waals surface area contributed by atoms with Crippen LogP contribution in [-0.4, -0.2) is 25.2 Å². The predicted molar refractivity (Wildman–Crippen MR) is 60.5 cm³/mol. The van der Waals surface area contributed by atoms with Gasteiger partial charge in [-0.05, 0) is 25.0 Å². The van der Waals surface area contributed by atoms with E-state index >= 15 is 0 Å². The van der Waals surface area contributed by atoms with Gasteiger partial charge in [-0.1, -0.05) is 18.2 Å². The highest BCUT2D eigenvalue weighted by Gasteiger charge is 2.27. The summed E-state index contributed by atoms with van der Waals surface area (Å²) in [5.74, 6) is -0.269. The second kappa shape index (κ2) is 5.75. The lowest BCUT2D eigenvalue weighted by Crippen LogP contribution is -2.36. The second-order valence-corrected chi connectivity index (χ2v) is 3.90. The summed E-state index contributed by atoms with van der Waals surface area (Å²) in [6.07, 6.45) is -4.41. The first-order valence-electron chi connectivity index (χ1n) is 5.32. The molecule has 18 heavy (non-hydrogen) atoms. The van der Waals surface area contributed by atoms with Gasteiger partial charge in [0.05, 0.1) is 0 Å². The summed E-state index contributed by atoms with van der Waals surface area (Å²) < 4.78 is 40.8. The molecule has 3 nitrogen and oxygen atoms in total. The molecule has 1 rings (SSSR count). The van der Waals surface area contributed by atoms with Crippen molar-refractivity contribution < 1.29 is 22.7 Å². The number of halogens is 3. The maximum atomic E-state index is 11.9. The van der Waals surface area contributed by atoms with E-state index in [2.05, 4.69) is 0 Å². The molecule has 0 aliphatic rings. The van der Waals surface area contributed by atoms with Gasteiger partial charge >= 0.3 is 6.18 Å². The van der Waals surface area contributed by atoms with Gasteiger partial charge in [0.25, 0.3) is 5.91 Å². The van der Waals surface area contributed by atoms with Crippen molar-refractivity contribution >= 4 is 5.91 Å². The quantitative estimate of drug-likeness (QED) is 0.903. The highest BCUT2D eigenvalue weighted by molar-refractivity contribution is 5.77. The number of carbonyl (C=O) groups is 1. The van der Waals surface area contributed by atoms with Crippen molar-refractivity contribution in [3.05, 3.63) is 29.3 Å². The number of carbonyl (C=O) groups excluding carboxylic acids is 1. The van der Waals surface area contributed by atoms with Crippen LogP contribution >= 0.6 is 0 Å². The van der Waals surface area contributed by atoms with Crippen LogP contribution in [0.2, 0.25) is 0 Å². The molecule has 0 aromatic heterocycles. The summed E-state index contributed by atoms with van der Waals surface area (Å²) in [7, 11) is 0. The lowest BCUT2D eigenvalue weighted by molar-refractivity contribution is -0.139. The summed E-state index contributed by atoms with van der Waals surface area (Å²) in [5.41, 5.74) is 1.66. The maximum absolute atomic E-state index is 11.9. The van der Waals surface area contributed by atoms with Gasteiger partial charge in [0.1, 0.15) is 12.3 Å². The SMILES string of the molecule is Cc1cccc(C)c1OCC(=O)NCC(F)(F)F. The Balaban J connectivity index is 2.48. The number of benzene rings is 1. The normalized spacial score (nSPS) is 11.2. The lowest BCUT2D eigenvalue weighted by Gasteiger charge is -2.12. The van der Waals surface area contributed by atoms with Crippen molar-refractivity contribution in [3.8, 4) is 5.75 Å². The Hall–Kier alpha value is -1.72. The van der Waals surface area contributed by atoms with Crippen LogP contribution < -0.4 is 10.1 Å². The van der Waals surface area contributed by atoms with Crippen molar-refractivity contribution in [2.45, 2.75) is 20.0 Å². The van der Waals surface area contributed by atoms with Crippen molar-refractivity contribution in [1.29, 1.82) is 0 Å². The van der Waals surface area contributed by atoms with E-state index in [0.717, 1.165) is 11.1 Å². The van der Waals surface area contributed by atoms with Crippen molar-refractivity contribution in [3.63, 3.8) is 0 Å². The first-order valence-corrected chi connectivity index (χ1v) is 5.32. The van der Waals surface area contributed by atoms with E-state index in [4.69, 9.17) is 4.74 Å². The molecular weight excluding hydrogens is 247 g/mol. The van der Waals surface area contributed by atoms with Crippen LogP contribution in [-0.2, 0) is 4.79 Å². The van der Waals surface area contributed by atoms with E-state index in [-0.39, 0.29) is 0 Å². The minimum absolute atomic E-state index is 0.429.